The zero-order chi connectivity index (χ0) is 59.7. The van der Waals surface area contributed by atoms with Crippen molar-refractivity contribution in [3.63, 3.8) is 0 Å². The molecule has 0 saturated heterocycles. The van der Waals surface area contributed by atoms with Crippen molar-refractivity contribution < 1.29 is 27.5 Å². The van der Waals surface area contributed by atoms with Crippen molar-refractivity contribution in [2.24, 2.45) is 0 Å². The lowest BCUT2D eigenvalue weighted by Crippen LogP contribution is -2.01. The predicted molar refractivity (Wildman–Crippen MR) is 345 cm³/mol. The van der Waals surface area contributed by atoms with Crippen LogP contribution in [0.3, 0.4) is 0 Å². The SMILES string of the molecule is Cc1c(C2CC2)nc2ccccc2c1-c1ccc(F)cc1.Fc1ccc(-c2c(CBr)c(C3CC3)nc3ccccc23)cc1.O=Cc1c(C2CC2)nc2ccccc2c1-c1ccc(F)cc1.OCc1c(C2CC2)nc2ccccc2c1-c1ccc(F)cc1. The van der Waals surface area contributed by atoms with Crippen LogP contribution in [0.2, 0.25) is 0 Å². The summed E-state index contributed by atoms with van der Waals surface area (Å²) in [5.41, 5.74) is 20.3. The molecule has 0 spiro atoms. The molecule has 0 radical (unpaired) electrons. The van der Waals surface area contributed by atoms with Gasteiger partial charge in [-0.15, -0.1) is 0 Å². The van der Waals surface area contributed by atoms with Crippen LogP contribution in [0, 0.1) is 30.2 Å². The number of fused-ring (bicyclic) bond motifs is 4. The number of aliphatic hydroxyl groups is 1. The van der Waals surface area contributed by atoms with Crippen molar-refractivity contribution in [2.45, 2.75) is 93.9 Å². The van der Waals surface area contributed by atoms with Gasteiger partial charge < -0.3 is 5.11 Å². The Labute approximate surface area is 511 Å². The molecule has 1 N–H and O–H groups in total. The van der Waals surface area contributed by atoms with Gasteiger partial charge in [-0.2, -0.15) is 0 Å². The first-order chi connectivity index (χ1) is 42.6. The number of carbonyl (C=O) groups is 1. The lowest BCUT2D eigenvalue weighted by molar-refractivity contribution is 0.112. The molecular formula is C76H61BrF4N4O2. The van der Waals surface area contributed by atoms with Crippen LogP contribution in [0.15, 0.2) is 194 Å². The van der Waals surface area contributed by atoms with E-state index in [0.717, 1.165) is 131 Å². The Balaban J connectivity index is 0.000000107. The van der Waals surface area contributed by atoms with Crippen LogP contribution < -0.4 is 0 Å². The summed E-state index contributed by atoms with van der Waals surface area (Å²) in [4.78, 5) is 31.0. The summed E-state index contributed by atoms with van der Waals surface area (Å²) in [5.74, 6) is 1.08. The van der Waals surface area contributed by atoms with Gasteiger partial charge in [0, 0.05) is 78.6 Å². The van der Waals surface area contributed by atoms with Crippen molar-refractivity contribution in [2.75, 3.05) is 0 Å². The normalized spacial score (nSPS) is 14.4. The number of aldehydes is 1. The van der Waals surface area contributed by atoms with Gasteiger partial charge in [0.15, 0.2) is 6.29 Å². The van der Waals surface area contributed by atoms with Crippen molar-refractivity contribution >= 4 is 65.8 Å². The van der Waals surface area contributed by atoms with E-state index in [1.54, 1.807) is 24.3 Å². The van der Waals surface area contributed by atoms with E-state index >= 15 is 0 Å². The van der Waals surface area contributed by atoms with Crippen LogP contribution in [0.5, 0.6) is 0 Å². The first-order valence-corrected chi connectivity index (χ1v) is 31.0. The van der Waals surface area contributed by atoms with Crippen LogP contribution in [-0.2, 0) is 11.9 Å². The number of benzene rings is 8. The Hall–Kier alpha value is -8.77. The molecule has 0 atom stereocenters. The summed E-state index contributed by atoms with van der Waals surface area (Å²) in [6, 6.07) is 58.5. The smallest absolute Gasteiger partial charge is 0.152 e. The molecule has 11 heteroatoms. The molecule has 4 saturated carbocycles. The third-order valence-corrected chi connectivity index (χ3v) is 17.5. The van der Waals surface area contributed by atoms with E-state index in [9.17, 15) is 27.5 Å². The monoisotopic (exact) mass is 1220 g/mol. The summed E-state index contributed by atoms with van der Waals surface area (Å²) in [7, 11) is 0. The highest BCUT2D eigenvalue weighted by Gasteiger charge is 2.33. The maximum Gasteiger partial charge on any atom is 0.152 e. The second kappa shape index (κ2) is 24.9. The number of nitrogens with zero attached hydrogens (tertiary/aromatic N) is 4. The fourth-order valence-corrected chi connectivity index (χ4v) is 12.7. The molecule has 4 aliphatic rings. The molecule has 16 rings (SSSR count). The molecule has 87 heavy (non-hydrogen) atoms. The summed E-state index contributed by atoms with van der Waals surface area (Å²) in [6.45, 7) is 2.10. The van der Waals surface area contributed by atoms with Crippen molar-refractivity contribution in [3.05, 3.63) is 262 Å². The number of alkyl halides is 1. The minimum Gasteiger partial charge on any atom is -0.392 e. The van der Waals surface area contributed by atoms with Gasteiger partial charge in [-0.3, -0.25) is 24.7 Å². The minimum atomic E-state index is -0.280. The standard InChI is InChI=1S/C19H15BrFN.C19H16FNO.C19H14FNO.C19H16FN/c20-11-16-18(12-7-9-14(21)10-8-12)15-3-1-2-4-17(15)22-19(16)13-5-6-13;2*20-14-9-7-12(8-10-14)18-15-3-1-2-4-17(15)21-19(13-5-6-13)16(18)11-22;1-12-18(13-8-10-15(20)11-9-13)16-4-2-3-5-17(16)21-19(12)14-6-7-14/h1-4,7-10,13H,5-6,11H2;1-4,7-10,13,22H,5-6,11H2;1-4,7-11,13H,5-6H2;2-5,8-11,14H,6-7H2,1H3. The highest BCUT2D eigenvalue weighted by molar-refractivity contribution is 9.08. The van der Waals surface area contributed by atoms with E-state index in [1.807, 2.05) is 97.1 Å². The van der Waals surface area contributed by atoms with Crippen molar-refractivity contribution in [1.29, 1.82) is 0 Å². The predicted octanol–water partition coefficient (Wildman–Crippen LogP) is 20.2. The highest BCUT2D eigenvalue weighted by atomic mass is 79.9. The fourth-order valence-electron chi connectivity index (χ4n) is 12.1. The zero-order valence-electron chi connectivity index (χ0n) is 48.0. The fraction of sp³-hybridized carbons (Fsp3) is 0.197. The molecule has 0 amide bonds. The molecule has 12 aromatic rings. The van der Waals surface area contributed by atoms with Crippen LogP contribution in [0.4, 0.5) is 17.6 Å². The van der Waals surface area contributed by atoms with Gasteiger partial charge in [0.25, 0.3) is 0 Å². The number of halogens is 5. The van der Waals surface area contributed by atoms with Crippen molar-refractivity contribution in [3.8, 4) is 44.5 Å². The number of aromatic nitrogens is 4. The van der Waals surface area contributed by atoms with Gasteiger partial charge in [-0.05, 0) is 181 Å². The molecule has 4 aromatic heterocycles. The average molecular weight is 1220 g/mol. The van der Waals surface area contributed by atoms with Gasteiger partial charge in [0.05, 0.1) is 40.1 Å². The van der Waals surface area contributed by atoms with E-state index < -0.39 is 0 Å². The molecular weight excluding hydrogens is 1160 g/mol. The van der Waals surface area contributed by atoms with E-state index in [0.29, 0.717) is 29.2 Å². The number of para-hydroxylation sites is 4. The number of hydrogen-bond acceptors (Lipinski definition) is 6. The molecule has 4 fully saturated rings. The third-order valence-electron chi connectivity index (χ3n) is 17.0. The van der Waals surface area contributed by atoms with Crippen LogP contribution >= 0.6 is 15.9 Å². The maximum absolute atomic E-state index is 13.3. The Kier molecular flexibility index (Phi) is 16.4. The number of carbonyl (C=O) groups excluding carboxylic acids is 1. The number of hydrogen-bond donors (Lipinski definition) is 1. The van der Waals surface area contributed by atoms with Crippen LogP contribution in [-0.4, -0.2) is 31.3 Å². The van der Waals surface area contributed by atoms with Crippen LogP contribution in [0.1, 0.15) is 125 Å². The quantitative estimate of drug-likeness (QED) is 0.0789. The van der Waals surface area contributed by atoms with Crippen LogP contribution in [0.25, 0.3) is 88.1 Å². The number of aliphatic hydroxyl groups excluding tert-OH is 1. The molecule has 0 unspecified atom stereocenters. The summed E-state index contributed by atoms with van der Waals surface area (Å²) < 4.78 is 53.0. The lowest BCUT2D eigenvalue weighted by atomic mass is 9.93. The van der Waals surface area contributed by atoms with E-state index in [4.69, 9.17) is 19.9 Å². The first-order valence-electron chi connectivity index (χ1n) is 29.9. The molecule has 6 nitrogen and oxygen atoms in total. The summed E-state index contributed by atoms with van der Waals surface area (Å²) in [6.07, 6.45) is 10.2. The molecule has 4 heterocycles. The molecule has 4 aliphatic carbocycles. The number of rotatable bonds is 11. The molecule has 432 valence electrons. The molecule has 8 aromatic carbocycles. The Morgan fingerprint density at radius 3 is 1.05 bits per heavy atom. The third kappa shape index (κ3) is 12.2. The van der Waals surface area contributed by atoms with E-state index in [1.165, 1.54) is 108 Å². The Morgan fingerprint density at radius 1 is 0.391 bits per heavy atom. The average Bonchev–Trinajstić information content (AvgIpc) is 2.14. The molecule has 0 aliphatic heterocycles. The van der Waals surface area contributed by atoms with Crippen molar-refractivity contribution in [1.82, 2.24) is 19.9 Å². The second-order valence-corrected chi connectivity index (χ2v) is 23.6. The van der Waals surface area contributed by atoms with Gasteiger partial charge >= 0.3 is 0 Å². The largest absolute Gasteiger partial charge is 0.392 e. The lowest BCUT2D eigenvalue weighted by Gasteiger charge is -2.16. The molecule has 0 bridgehead atoms. The van der Waals surface area contributed by atoms with Gasteiger partial charge in [0.2, 0.25) is 0 Å². The first kappa shape index (κ1) is 57.3. The zero-order valence-corrected chi connectivity index (χ0v) is 49.6. The summed E-state index contributed by atoms with van der Waals surface area (Å²) in [5, 5.41) is 14.9. The minimum absolute atomic E-state index is 0.0453. The van der Waals surface area contributed by atoms with E-state index in [-0.39, 0.29) is 29.9 Å². The summed E-state index contributed by atoms with van der Waals surface area (Å²) >= 11 is 3.64. The van der Waals surface area contributed by atoms with Gasteiger partial charge in [-0.1, -0.05) is 137 Å². The second-order valence-electron chi connectivity index (χ2n) is 23.1. The Bertz CT molecular complexity index is 4380. The van der Waals surface area contributed by atoms with Gasteiger partial charge in [0.1, 0.15) is 23.3 Å². The topological polar surface area (TPSA) is 88.9 Å². The number of pyridine rings is 4. The van der Waals surface area contributed by atoms with Gasteiger partial charge in [-0.25, -0.2) is 17.6 Å². The maximum atomic E-state index is 13.3. The highest BCUT2D eigenvalue weighted by Crippen LogP contribution is 2.49. The Morgan fingerprint density at radius 2 is 0.678 bits per heavy atom. The van der Waals surface area contributed by atoms with E-state index in [2.05, 4.69) is 47.1 Å².